The Bertz CT molecular complexity index is 762. The maximum atomic E-state index is 9.69. The monoisotopic (exact) mass is 302 g/mol. The van der Waals surface area contributed by atoms with Crippen LogP contribution in [0.15, 0.2) is 24.4 Å². The molecular formula is C14H14N4O2S. The summed E-state index contributed by atoms with van der Waals surface area (Å²) in [5.74, 6) is 0. The molecule has 4 heterocycles. The number of hydrogen-bond acceptors (Lipinski definition) is 6. The predicted octanol–water partition coefficient (Wildman–Crippen LogP) is 2.20. The molecule has 3 aromatic heterocycles. The highest BCUT2D eigenvalue weighted by atomic mass is 32.1. The number of fused-ring (bicyclic) bond motifs is 1. The molecule has 21 heavy (non-hydrogen) atoms. The van der Waals surface area contributed by atoms with Gasteiger partial charge >= 0.3 is 0 Å². The largest absolute Gasteiger partial charge is 0.390 e. The summed E-state index contributed by atoms with van der Waals surface area (Å²) in [7, 11) is 0. The second-order valence-corrected chi connectivity index (χ2v) is 5.90. The van der Waals surface area contributed by atoms with E-state index in [1.54, 1.807) is 10.7 Å². The van der Waals surface area contributed by atoms with Crippen LogP contribution >= 0.6 is 11.3 Å². The Hall–Kier alpha value is -1.83. The van der Waals surface area contributed by atoms with E-state index in [1.807, 2.05) is 18.2 Å². The van der Waals surface area contributed by atoms with Gasteiger partial charge in [-0.15, -0.1) is 0 Å². The zero-order valence-electron chi connectivity index (χ0n) is 11.3. The van der Waals surface area contributed by atoms with Crippen molar-refractivity contribution in [3.8, 4) is 11.4 Å². The molecular weight excluding hydrogens is 288 g/mol. The standard InChI is InChI=1S/C14H14N4O2S/c19-8-10-12(9-4-1-2-6-15-9)16-14-18(10)17-13(21-14)11-5-3-7-20-11/h1-2,4,6,11,19H,3,5,7-8H2. The average Bonchev–Trinajstić information content (AvgIpc) is 3.22. The zero-order chi connectivity index (χ0) is 14.2. The number of nitrogens with zero attached hydrogens (tertiary/aromatic N) is 4. The number of pyridine rings is 1. The van der Waals surface area contributed by atoms with Gasteiger partial charge in [0.25, 0.3) is 0 Å². The molecule has 1 N–H and O–H groups in total. The summed E-state index contributed by atoms with van der Waals surface area (Å²) in [6.07, 6.45) is 3.85. The molecule has 0 saturated carbocycles. The van der Waals surface area contributed by atoms with Crippen molar-refractivity contribution in [3.05, 3.63) is 35.1 Å². The van der Waals surface area contributed by atoms with Crippen LogP contribution in [0, 0.1) is 0 Å². The van der Waals surface area contributed by atoms with Gasteiger partial charge in [0, 0.05) is 12.8 Å². The highest BCUT2D eigenvalue weighted by molar-refractivity contribution is 7.16. The van der Waals surface area contributed by atoms with Crippen LogP contribution in [0.4, 0.5) is 0 Å². The van der Waals surface area contributed by atoms with E-state index in [9.17, 15) is 5.11 Å². The smallest absolute Gasteiger partial charge is 0.213 e. The third kappa shape index (κ3) is 2.14. The topological polar surface area (TPSA) is 72.5 Å². The third-order valence-electron chi connectivity index (χ3n) is 3.57. The van der Waals surface area contributed by atoms with Gasteiger partial charge in [0.15, 0.2) is 0 Å². The van der Waals surface area contributed by atoms with E-state index in [-0.39, 0.29) is 12.7 Å². The van der Waals surface area contributed by atoms with E-state index in [4.69, 9.17) is 4.74 Å². The van der Waals surface area contributed by atoms with Crippen LogP contribution in [-0.4, -0.2) is 31.3 Å². The van der Waals surface area contributed by atoms with E-state index >= 15 is 0 Å². The second kappa shape index (κ2) is 5.18. The average molecular weight is 302 g/mol. The minimum atomic E-state index is -0.123. The van der Waals surface area contributed by atoms with Crippen molar-refractivity contribution in [2.75, 3.05) is 6.61 Å². The van der Waals surface area contributed by atoms with Gasteiger partial charge in [-0.3, -0.25) is 4.98 Å². The van der Waals surface area contributed by atoms with Gasteiger partial charge < -0.3 is 9.84 Å². The van der Waals surface area contributed by atoms with E-state index < -0.39 is 0 Å². The molecule has 1 unspecified atom stereocenters. The predicted molar refractivity (Wildman–Crippen MR) is 77.9 cm³/mol. The zero-order valence-corrected chi connectivity index (χ0v) is 12.1. The van der Waals surface area contributed by atoms with Crippen molar-refractivity contribution in [1.29, 1.82) is 0 Å². The number of rotatable bonds is 3. The van der Waals surface area contributed by atoms with Crippen molar-refractivity contribution in [2.45, 2.75) is 25.6 Å². The maximum Gasteiger partial charge on any atom is 0.213 e. The van der Waals surface area contributed by atoms with E-state index in [0.29, 0.717) is 11.4 Å². The molecule has 1 atom stereocenters. The Balaban J connectivity index is 1.81. The molecule has 0 aliphatic carbocycles. The lowest BCUT2D eigenvalue weighted by Crippen LogP contribution is -2.00. The lowest BCUT2D eigenvalue weighted by atomic mass is 10.2. The molecule has 4 rings (SSSR count). The fraction of sp³-hybridized carbons (Fsp3) is 0.357. The molecule has 0 bridgehead atoms. The highest BCUT2D eigenvalue weighted by Gasteiger charge is 2.24. The van der Waals surface area contributed by atoms with Crippen LogP contribution in [0.3, 0.4) is 0 Å². The first-order chi connectivity index (χ1) is 10.4. The highest BCUT2D eigenvalue weighted by Crippen LogP contribution is 2.33. The van der Waals surface area contributed by atoms with Crippen molar-refractivity contribution in [3.63, 3.8) is 0 Å². The van der Waals surface area contributed by atoms with Crippen LogP contribution < -0.4 is 0 Å². The molecule has 1 aliphatic rings. The molecule has 1 fully saturated rings. The van der Waals surface area contributed by atoms with Gasteiger partial charge in [0.05, 0.1) is 18.0 Å². The Labute approximate surface area is 125 Å². The number of hydrogen-bond donors (Lipinski definition) is 1. The van der Waals surface area contributed by atoms with Crippen LogP contribution in [0.1, 0.15) is 29.6 Å². The minimum absolute atomic E-state index is 0.0709. The van der Waals surface area contributed by atoms with Crippen molar-refractivity contribution < 1.29 is 9.84 Å². The molecule has 108 valence electrons. The summed E-state index contributed by atoms with van der Waals surface area (Å²) in [4.78, 5) is 9.65. The normalized spacial score (nSPS) is 18.6. The molecule has 0 amide bonds. The molecule has 0 spiro atoms. The first kappa shape index (κ1) is 12.9. The Morgan fingerprint density at radius 1 is 1.43 bits per heavy atom. The first-order valence-corrected chi connectivity index (χ1v) is 7.70. The summed E-state index contributed by atoms with van der Waals surface area (Å²) < 4.78 is 7.37. The number of aliphatic hydroxyl groups excluding tert-OH is 1. The van der Waals surface area contributed by atoms with Gasteiger partial charge in [-0.2, -0.15) is 5.10 Å². The fourth-order valence-electron chi connectivity index (χ4n) is 2.56. The molecule has 1 aliphatic heterocycles. The minimum Gasteiger partial charge on any atom is -0.390 e. The summed E-state index contributed by atoms with van der Waals surface area (Å²) in [5.41, 5.74) is 2.11. The van der Waals surface area contributed by atoms with Gasteiger partial charge in [0.1, 0.15) is 16.8 Å². The SMILES string of the molecule is OCc1c(-c2ccccn2)nc2sc(C3CCCO3)nn12. The lowest BCUT2D eigenvalue weighted by molar-refractivity contribution is 0.111. The van der Waals surface area contributed by atoms with Crippen LogP contribution in [0.2, 0.25) is 0 Å². The second-order valence-electron chi connectivity index (χ2n) is 4.92. The summed E-state index contributed by atoms with van der Waals surface area (Å²) >= 11 is 1.52. The van der Waals surface area contributed by atoms with Gasteiger partial charge in [-0.05, 0) is 25.0 Å². The quantitative estimate of drug-likeness (QED) is 0.803. The van der Waals surface area contributed by atoms with Crippen LogP contribution in [0.25, 0.3) is 16.3 Å². The number of ether oxygens (including phenoxy) is 1. The maximum absolute atomic E-state index is 9.69. The van der Waals surface area contributed by atoms with Gasteiger partial charge in [0.2, 0.25) is 4.96 Å². The van der Waals surface area contributed by atoms with Crippen molar-refractivity contribution in [1.82, 2.24) is 19.6 Å². The first-order valence-electron chi connectivity index (χ1n) is 6.89. The molecule has 3 aromatic rings. The van der Waals surface area contributed by atoms with Gasteiger partial charge in [-0.25, -0.2) is 9.50 Å². The Morgan fingerprint density at radius 3 is 3.10 bits per heavy atom. The Morgan fingerprint density at radius 2 is 2.38 bits per heavy atom. The fourth-order valence-corrected chi connectivity index (χ4v) is 3.56. The van der Waals surface area contributed by atoms with E-state index in [2.05, 4.69) is 15.1 Å². The summed E-state index contributed by atoms with van der Waals surface area (Å²) in [6, 6.07) is 5.64. The summed E-state index contributed by atoms with van der Waals surface area (Å²) in [6.45, 7) is 0.667. The summed E-state index contributed by atoms with van der Waals surface area (Å²) in [5, 5.41) is 15.2. The van der Waals surface area contributed by atoms with Crippen LogP contribution in [-0.2, 0) is 11.3 Å². The van der Waals surface area contributed by atoms with Crippen LogP contribution in [0.5, 0.6) is 0 Å². The number of aromatic nitrogens is 4. The molecule has 6 nitrogen and oxygen atoms in total. The third-order valence-corrected chi connectivity index (χ3v) is 4.57. The van der Waals surface area contributed by atoms with E-state index in [1.165, 1.54) is 11.3 Å². The van der Waals surface area contributed by atoms with Crippen molar-refractivity contribution in [2.24, 2.45) is 0 Å². The van der Waals surface area contributed by atoms with E-state index in [0.717, 1.165) is 35.1 Å². The Kier molecular flexibility index (Phi) is 3.17. The number of imidazole rings is 1. The number of aliphatic hydroxyl groups is 1. The lowest BCUT2D eigenvalue weighted by Gasteiger charge is -2.03. The molecule has 0 aromatic carbocycles. The molecule has 7 heteroatoms. The molecule has 1 saturated heterocycles. The molecule has 0 radical (unpaired) electrons. The van der Waals surface area contributed by atoms with Gasteiger partial charge in [-0.1, -0.05) is 17.4 Å². The van der Waals surface area contributed by atoms with Crippen molar-refractivity contribution >= 4 is 16.3 Å².